The molecular formula is C20H23N7OS. The van der Waals surface area contributed by atoms with Gasteiger partial charge in [-0.15, -0.1) is 11.3 Å². The lowest BCUT2D eigenvalue weighted by molar-refractivity contribution is -0.120. The summed E-state index contributed by atoms with van der Waals surface area (Å²) in [6.45, 7) is 5.14. The first kappa shape index (κ1) is 19.4. The number of nitrogens with one attached hydrogen (secondary N) is 1. The van der Waals surface area contributed by atoms with E-state index in [0.29, 0.717) is 13.0 Å². The third-order valence-corrected chi connectivity index (χ3v) is 5.65. The first-order valence-corrected chi connectivity index (χ1v) is 10.5. The highest BCUT2D eigenvalue weighted by Crippen LogP contribution is 2.21. The highest BCUT2D eigenvalue weighted by Gasteiger charge is 2.18. The van der Waals surface area contributed by atoms with Crippen molar-refractivity contribution in [3.63, 3.8) is 0 Å². The van der Waals surface area contributed by atoms with Gasteiger partial charge in [0.2, 0.25) is 11.9 Å². The molecule has 1 saturated heterocycles. The number of pyridine rings is 1. The maximum Gasteiger partial charge on any atom is 0.226 e. The Balaban J connectivity index is 1.17. The van der Waals surface area contributed by atoms with Crippen LogP contribution in [0.4, 0.5) is 5.95 Å². The molecule has 3 aromatic heterocycles. The number of anilines is 1. The number of hydrogen-bond donors (Lipinski definition) is 1. The van der Waals surface area contributed by atoms with Gasteiger partial charge < -0.3 is 10.2 Å². The quantitative estimate of drug-likeness (QED) is 0.632. The fourth-order valence-corrected chi connectivity index (χ4v) is 4.00. The van der Waals surface area contributed by atoms with Crippen molar-refractivity contribution in [1.82, 2.24) is 30.2 Å². The third kappa shape index (κ3) is 5.33. The molecule has 1 aliphatic rings. The molecule has 0 unspecified atom stereocenters. The molecule has 1 amide bonds. The Bertz CT molecular complexity index is 911. The van der Waals surface area contributed by atoms with Gasteiger partial charge in [0.15, 0.2) is 0 Å². The fourth-order valence-electron chi connectivity index (χ4n) is 3.20. The molecule has 0 saturated carbocycles. The summed E-state index contributed by atoms with van der Waals surface area (Å²) in [5, 5.41) is 5.77. The van der Waals surface area contributed by atoms with Gasteiger partial charge in [0.1, 0.15) is 5.01 Å². The first-order chi connectivity index (χ1) is 14.3. The molecule has 8 nitrogen and oxygen atoms in total. The van der Waals surface area contributed by atoms with Gasteiger partial charge in [0.25, 0.3) is 0 Å². The molecule has 0 aromatic carbocycles. The van der Waals surface area contributed by atoms with E-state index in [1.807, 2.05) is 29.6 Å². The molecule has 0 atom stereocenters. The largest absolute Gasteiger partial charge is 0.354 e. The van der Waals surface area contributed by atoms with Gasteiger partial charge in [-0.05, 0) is 18.2 Å². The minimum atomic E-state index is -0.000748. The van der Waals surface area contributed by atoms with Gasteiger partial charge in [-0.3, -0.25) is 14.7 Å². The molecular weight excluding hydrogens is 386 g/mol. The van der Waals surface area contributed by atoms with Crippen molar-refractivity contribution in [3.05, 3.63) is 53.9 Å². The third-order valence-electron chi connectivity index (χ3n) is 4.73. The number of aromatic nitrogens is 4. The standard InChI is InChI=1S/C20H23N7OS/c28-18(14-16-15-29-19(25-16)17-4-1-2-5-21-17)22-8-9-26-10-12-27(13-11-26)20-23-6-3-7-24-20/h1-7,15H,8-14H2,(H,22,28). The highest BCUT2D eigenvalue weighted by atomic mass is 32.1. The summed E-state index contributed by atoms with van der Waals surface area (Å²) in [6, 6.07) is 7.56. The number of carbonyl (C=O) groups is 1. The summed E-state index contributed by atoms with van der Waals surface area (Å²) < 4.78 is 0. The van der Waals surface area contributed by atoms with Crippen LogP contribution < -0.4 is 10.2 Å². The van der Waals surface area contributed by atoms with E-state index in [2.05, 4.69) is 35.1 Å². The molecule has 9 heteroatoms. The van der Waals surface area contributed by atoms with E-state index in [9.17, 15) is 4.79 Å². The number of carbonyl (C=O) groups excluding carboxylic acids is 1. The fraction of sp³-hybridized carbons (Fsp3) is 0.350. The molecule has 0 radical (unpaired) electrons. The van der Waals surface area contributed by atoms with Crippen molar-refractivity contribution in [2.45, 2.75) is 6.42 Å². The van der Waals surface area contributed by atoms with Gasteiger partial charge in [0.05, 0.1) is 17.8 Å². The predicted octanol–water partition coefficient (Wildman–Crippen LogP) is 1.48. The van der Waals surface area contributed by atoms with E-state index in [0.717, 1.165) is 55.1 Å². The maximum absolute atomic E-state index is 12.2. The summed E-state index contributed by atoms with van der Waals surface area (Å²) in [5.41, 5.74) is 1.62. The number of piperazine rings is 1. The van der Waals surface area contributed by atoms with Gasteiger partial charge >= 0.3 is 0 Å². The lowest BCUT2D eigenvalue weighted by atomic mass is 10.3. The molecule has 0 spiro atoms. The Morgan fingerprint density at radius 1 is 1.03 bits per heavy atom. The van der Waals surface area contributed by atoms with Crippen LogP contribution in [-0.2, 0) is 11.2 Å². The minimum absolute atomic E-state index is 0.000748. The van der Waals surface area contributed by atoms with E-state index in [4.69, 9.17) is 0 Å². The lowest BCUT2D eigenvalue weighted by Crippen LogP contribution is -2.49. The SMILES string of the molecule is O=C(Cc1csc(-c2ccccn2)n1)NCCN1CCN(c2ncccn2)CC1. The smallest absolute Gasteiger partial charge is 0.226 e. The molecule has 1 aliphatic heterocycles. The average molecular weight is 410 g/mol. The second-order valence-electron chi connectivity index (χ2n) is 6.76. The molecule has 4 heterocycles. The zero-order chi connectivity index (χ0) is 19.9. The van der Waals surface area contributed by atoms with Crippen molar-refractivity contribution in [1.29, 1.82) is 0 Å². The summed E-state index contributed by atoms with van der Waals surface area (Å²) in [5.74, 6) is 0.785. The Hall–Kier alpha value is -2.91. The number of rotatable bonds is 7. The number of thiazole rings is 1. The zero-order valence-corrected chi connectivity index (χ0v) is 16.9. The van der Waals surface area contributed by atoms with E-state index >= 15 is 0 Å². The van der Waals surface area contributed by atoms with Crippen LogP contribution in [0.3, 0.4) is 0 Å². The average Bonchev–Trinajstić information content (AvgIpc) is 3.24. The number of hydrogen-bond acceptors (Lipinski definition) is 8. The molecule has 3 aromatic rings. The molecule has 1 N–H and O–H groups in total. The topological polar surface area (TPSA) is 87.1 Å². The summed E-state index contributed by atoms with van der Waals surface area (Å²) in [4.78, 5) is 34.2. The molecule has 1 fully saturated rings. The number of amides is 1. The summed E-state index contributed by atoms with van der Waals surface area (Å²) in [6.07, 6.45) is 5.58. The van der Waals surface area contributed by atoms with Crippen LogP contribution >= 0.6 is 11.3 Å². The number of nitrogens with zero attached hydrogens (tertiary/aromatic N) is 6. The van der Waals surface area contributed by atoms with Gasteiger partial charge in [-0.25, -0.2) is 15.0 Å². The van der Waals surface area contributed by atoms with Crippen LogP contribution in [0.5, 0.6) is 0 Å². The Morgan fingerprint density at radius 2 is 1.83 bits per heavy atom. The van der Waals surface area contributed by atoms with Crippen molar-refractivity contribution >= 4 is 23.2 Å². The van der Waals surface area contributed by atoms with E-state index < -0.39 is 0 Å². The van der Waals surface area contributed by atoms with Crippen LogP contribution in [0.2, 0.25) is 0 Å². The van der Waals surface area contributed by atoms with Gasteiger partial charge in [0, 0.05) is 63.2 Å². The maximum atomic E-state index is 12.2. The summed E-state index contributed by atoms with van der Waals surface area (Å²) in [7, 11) is 0. The minimum Gasteiger partial charge on any atom is -0.354 e. The van der Waals surface area contributed by atoms with Gasteiger partial charge in [-0.1, -0.05) is 6.07 Å². The van der Waals surface area contributed by atoms with E-state index in [1.54, 1.807) is 18.6 Å². The zero-order valence-electron chi connectivity index (χ0n) is 16.1. The molecule has 29 heavy (non-hydrogen) atoms. The van der Waals surface area contributed by atoms with Crippen molar-refractivity contribution in [2.24, 2.45) is 0 Å². The Morgan fingerprint density at radius 3 is 2.59 bits per heavy atom. The second kappa shape index (κ2) is 9.53. The summed E-state index contributed by atoms with van der Waals surface area (Å²) >= 11 is 1.51. The van der Waals surface area contributed by atoms with Crippen molar-refractivity contribution < 1.29 is 4.79 Å². The molecule has 4 rings (SSSR count). The van der Waals surface area contributed by atoms with Crippen LogP contribution in [0.1, 0.15) is 5.69 Å². The van der Waals surface area contributed by atoms with Crippen LogP contribution in [-0.4, -0.2) is 70.0 Å². The monoisotopic (exact) mass is 409 g/mol. The van der Waals surface area contributed by atoms with Crippen LogP contribution in [0.25, 0.3) is 10.7 Å². The van der Waals surface area contributed by atoms with E-state index in [-0.39, 0.29) is 5.91 Å². The predicted molar refractivity (Wildman–Crippen MR) is 113 cm³/mol. The van der Waals surface area contributed by atoms with Crippen LogP contribution in [0, 0.1) is 0 Å². The van der Waals surface area contributed by atoms with Crippen LogP contribution in [0.15, 0.2) is 48.2 Å². The first-order valence-electron chi connectivity index (χ1n) is 9.65. The highest BCUT2D eigenvalue weighted by molar-refractivity contribution is 7.13. The normalized spacial score (nSPS) is 14.7. The van der Waals surface area contributed by atoms with Crippen molar-refractivity contribution in [3.8, 4) is 10.7 Å². The Labute approximate surface area is 173 Å². The van der Waals surface area contributed by atoms with Gasteiger partial charge in [-0.2, -0.15) is 0 Å². The van der Waals surface area contributed by atoms with Crippen molar-refractivity contribution in [2.75, 3.05) is 44.2 Å². The van der Waals surface area contributed by atoms with E-state index in [1.165, 1.54) is 11.3 Å². The second-order valence-corrected chi connectivity index (χ2v) is 7.62. The lowest BCUT2D eigenvalue weighted by Gasteiger charge is -2.34. The molecule has 150 valence electrons. The molecule has 0 aliphatic carbocycles. The Kier molecular flexibility index (Phi) is 6.38. The molecule has 0 bridgehead atoms.